The zero-order chi connectivity index (χ0) is 29.1. The van der Waals surface area contributed by atoms with E-state index in [2.05, 4.69) is 22.0 Å². The maximum absolute atomic E-state index is 14.4. The lowest BCUT2D eigenvalue weighted by Gasteiger charge is -2.41. The van der Waals surface area contributed by atoms with Gasteiger partial charge >= 0.3 is 0 Å². The molecule has 0 spiro atoms. The highest BCUT2D eigenvalue weighted by molar-refractivity contribution is 5.98. The van der Waals surface area contributed by atoms with E-state index < -0.39 is 17.7 Å². The van der Waals surface area contributed by atoms with Crippen LogP contribution in [0.2, 0.25) is 0 Å². The smallest absolute Gasteiger partial charge is 0.275 e. The first-order chi connectivity index (χ1) is 20.5. The molecule has 2 heterocycles. The van der Waals surface area contributed by atoms with Gasteiger partial charge in [-0.1, -0.05) is 73.5 Å². The molecule has 1 aliphatic heterocycles. The van der Waals surface area contributed by atoms with Crippen molar-refractivity contribution in [3.8, 4) is 11.3 Å². The summed E-state index contributed by atoms with van der Waals surface area (Å²) in [5, 5.41) is 10.9. The van der Waals surface area contributed by atoms with Gasteiger partial charge in [0.1, 0.15) is 11.6 Å². The summed E-state index contributed by atoms with van der Waals surface area (Å²) < 4.78 is 30.3. The lowest BCUT2D eigenvalue weighted by atomic mass is 9.92. The molecule has 0 radical (unpaired) electrons. The van der Waals surface area contributed by atoms with Crippen molar-refractivity contribution in [2.75, 3.05) is 19.6 Å². The molecule has 3 aromatic carbocycles. The van der Waals surface area contributed by atoms with Crippen LogP contribution in [-0.2, 0) is 13.0 Å². The number of hydrogen-bond acceptors (Lipinski definition) is 4. The molecule has 1 amide bonds. The summed E-state index contributed by atoms with van der Waals surface area (Å²) in [5.74, 6) is -1.47. The SMILES string of the molecule is O=C(c1ncn([C@H]2CCCC[C@H]2O)c1-c1ccccc1)N1CCN(Cc2ccccc2)C[C@H]1Cc1cc(F)cc(F)c1. The molecule has 3 atom stereocenters. The summed E-state index contributed by atoms with van der Waals surface area (Å²) in [6.45, 7) is 2.40. The Hall–Kier alpha value is -3.88. The Kier molecular flexibility index (Phi) is 8.44. The maximum Gasteiger partial charge on any atom is 0.275 e. The van der Waals surface area contributed by atoms with E-state index in [1.54, 1.807) is 6.33 Å². The van der Waals surface area contributed by atoms with Crippen LogP contribution in [0.5, 0.6) is 0 Å². The molecule has 4 aromatic rings. The highest BCUT2D eigenvalue weighted by Crippen LogP contribution is 2.35. The first-order valence-electron chi connectivity index (χ1n) is 14.8. The van der Waals surface area contributed by atoms with Crippen LogP contribution in [0.25, 0.3) is 11.3 Å². The average Bonchev–Trinajstić information content (AvgIpc) is 3.43. The molecule has 2 fully saturated rings. The number of imidazole rings is 1. The van der Waals surface area contributed by atoms with Crippen LogP contribution in [0.3, 0.4) is 0 Å². The van der Waals surface area contributed by atoms with Crippen LogP contribution in [-0.4, -0.2) is 62.1 Å². The minimum Gasteiger partial charge on any atom is -0.391 e. The second kappa shape index (κ2) is 12.5. The highest BCUT2D eigenvalue weighted by atomic mass is 19.1. The topological polar surface area (TPSA) is 61.6 Å². The van der Waals surface area contributed by atoms with E-state index in [0.717, 1.165) is 43.9 Å². The Labute approximate surface area is 245 Å². The van der Waals surface area contributed by atoms with Gasteiger partial charge in [0, 0.05) is 43.9 Å². The number of aromatic nitrogens is 2. The number of benzene rings is 3. The maximum atomic E-state index is 14.4. The molecule has 1 saturated heterocycles. The van der Waals surface area contributed by atoms with Crippen LogP contribution in [0.1, 0.15) is 53.3 Å². The van der Waals surface area contributed by atoms with E-state index in [4.69, 9.17) is 0 Å². The van der Waals surface area contributed by atoms with Gasteiger partial charge < -0.3 is 14.6 Å². The Bertz CT molecular complexity index is 1490. The summed E-state index contributed by atoms with van der Waals surface area (Å²) in [6, 6.07) is 23.0. The summed E-state index contributed by atoms with van der Waals surface area (Å²) in [5.41, 5.74) is 3.59. The molecule has 1 N–H and O–H groups in total. The number of halogens is 2. The van der Waals surface area contributed by atoms with Crippen molar-refractivity contribution in [3.05, 3.63) is 114 Å². The molecular weight excluding hydrogens is 534 g/mol. The highest BCUT2D eigenvalue weighted by Gasteiger charge is 2.36. The Morgan fingerprint density at radius 1 is 0.881 bits per heavy atom. The minimum atomic E-state index is -0.629. The number of hydrogen-bond donors (Lipinski definition) is 1. The van der Waals surface area contributed by atoms with Gasteiger partial charge in [-0.05, 0) is 42.5 Å². The number of aliphatic hydroxyl groups is 1. The van der Waals surface area contributed by atoms with Crippen LogP contribution in [0.4, 0.5) is 8.78 Å². The van der Waals surface area contributed by atoms with Gasteiger partial charge in [0.15, 0.2) is 5.69 Å². The largest absolute Gasteiger partial charge is 0.391 e. The minimum absolute atomic E-state index is 0.156. The van der Waals surface area contributed by atoms with E-state index >= 15 is 0 Å². The van der Waals surface area contributed by atoms with Crippen molar-refractivity contribution >= 4 is 5.91 Å². The number of rotatable bonds is 7. The van der Waals surface area contributed by atoms with Gasteiger partial charge in [0.05, 0.1) is 24.2 Å². The number of aliphatic hydroxyl groups excluding tert-OH is 1. The van der Waals surface area contributed by atoms with Gasteiger partial charge in [-0.15, -0.1) is 0 Å². The molecule has 8 heteroatoms. The molecule has 0 bridgehead atoms. The molecule has 218 valence electrons. The van der Waals surface area contributed by atoms with Crippen molar-refractivity contribution in [3.63, 3.8) is 0 Å². The summed E-state index contributed by atoms with van der Waals surface area (Å²) in [7, 11) is 0. The summed E-state index contributed by atoms with van der Waals surface area (Å²) >= 11 is 0. The van der Waals surface area contributed by atoms with E-state index in [0.29, 0.717) is 43.0 Å². The lowest BCUT2D eigenvalue weighted by Crippen LogP contribution is -2.55. The predicted molar refractivity (Wildman–Crippen MR) is 158 cm³/mol. The second-order valence-electron chi connectivity index (χ2n) is 11.5. The fourth-order valence-electron chi connectivity index (χ4n) is 6.55. The van der Waals surface area contributed by atoms with Crippen LogP contribution < -0.4 is 0 Å². The molecule has 42 heavy (non-hydrogen) atoms. The fraction of sp³-hybridized carbons (Fsp3) is 0.353. The van der Waals surface area contributed by atoms with E-state index in [1.165, 1.54) is 17.7 Å². The fourth-order valence-corrected chi connectivity index (χ4v) is 6.55. The van der Waals surface area contributed by atoms with Crippen molar-refractivity contribution in [1.29, 1.82) is 0 Å². The summed E-state index contributed by atoms with van der Waals surface area (Å²) in [4.78, 5) is 23.2. The van der Waals surface area contributed by atoms with Crippen LogP contribution >= 0.6 is 0 Å². The van der Waals surface area contributed by atoms with E-state index in [9.17, 15) is 18.7 Å². The first-order valence-corrected chi connectivity index (χ1v) is 14.8. The van der Waals surface area contributed by atoms with Gasteiger partial charge in [-0.2, -0.15) is 0 Å². The van der Waals surface area contributed by atoms with Crippen molar-refractivity contribution in [2.24, 2.45) is 0 Å². The quantitative estimate of drug-likeness (QED) is 0.302. The number of nitrogens with zero attached hydrogens (tertiary/aromatic N) is 4. The molecule has 2 aliphatic rings. The molecule has 1 aliphatic carbocycles. The molecule has 0 unspecified atom stereocenters. The standard InChI is InChI=1S/C34H36F2N4O2/c35-27-17-25(18-28(36)20-27)19-29-22-38(21-24-9-3-1-4-10-24)15-16-39(29)34(42)32-33(26-11-5-2-6-12-26)40(23-37-32)30-13-7-8-14-31(30)41/h1-6,9-12,17-18,20,23,29-31,41H,7-8,13-16,19,21-22H2/t29-,30+,31-/m1/s1. The van der Waals surface area contributed by atoms with Crippen LogP contribution in [0, 0.1) is 11.6 Å². The summed E-state index contributed by atoms with van der Waals surface area (Å²) in [6.07, 6.45) is 5.02. The van der Waals surface area contributed by atoms with E-state index in [-0.39, 0.29) is 18.0 Å². The molecule has 6 nitrogen and oxygen atoms in total. The molecule has 6 rings (SSSR count). The van der Waals surface area contributed by atoms with Gasteiger partial charge in [-0.25, -0.2) is 13.8 Å². The molecule has 1 saturated carbocycles. The number of carbonyl (C=O) groups excluding carboxylic acids is 1. The van der Waals surface area contributed by atoms with Gasteiger partial charge in [0.25, 0.3) is 5.91 Å². The Morgan fingerprint density at radius 2 is 1.57 bits per heavy atom. The van der Waals surface area contributed by atoms with E-state index in [1.807, 2.05) is 58.0 Å². The van der Waals surface area contributed by atoms with Crippen LogP contribution in [0.15, 0.2) is 85.2 Å². The monoisotopic (exact) mass is 570 g/mol. The third kappa shape index (κ3) is 6.15. The zero-order valence-electron chi connectivity index (χ0n) is 23.6. The predicted octanol–water partition coefficient (Wildman–Crippen LogP) is 5.87. The Balaban J connectivity index is 1.34. The Morgan fingerprint density at radius 3 is 2.29 bits per heavy atom. The van der Waals surface area contributed by atoms with Gasteiger partial charge in [-0.3, -0.25) is 9.69 Å². The molecule has 1 aromatic heterocycles. The lowest BCUT2D eigenvalue weighted by molar-refractivity contribution is 0.0433. The normalized spacial score (nSPS) is 21.4. The third-order valence-electron chi connectivity index (χ3n) is 8.57. The van der Waals surface area contributed by atoms with Gasteiger partial charge in [0.2, 0.25) is 0 Å². The van der Waals surface area contributed by atoms with Crippen molar-refractivity contribution in [2.45, 2.75) is 56.8 Å². The second-order valence-corrected chi connectivity index (χ2v) is 11.5. The number of amides is 1. The van der Waals surface area contributed by atoms with Crippen molar-refractivity contribution in [1.82, 2.24) is 19.4 Å². The zero-order valence-corrected chi connectivity index (χ0v) is 23.6. The first kappa shape index (κ1) is 28.2. The molecular formula is C34H36F2N4O2. The third-order valence-corrected chi connectivity index (χ3v) is 8.57. The number of carbonyl (C=O) groups is 1. The number of piperazine rings is 1. The average molecular weight is 571 g/mol. The van der Waals surface area contributed by atoms with Crippen molar-refractivity contribution < 1.29 is 18.7 Å².